The minimum Gasteiger partial charge on any atom is -0.383 e. The summed E-state index contributed by atoms with van der Waals surface area (Å²) >= 11 is 0. The van der Waals surface area contributed by atoms with E-state index < -0.39 is 0 Å². The Hall–Kier alpha value is -1.32. The summed E-state index contributed by atoms with van der Waals surface area (Å²) in [5.41, 5.74) is 6.88. The second-order valence-corrected chi connectivity index (χ2v) is 3.76. The van der Waals surface area contributed by atoms with Gasteiger partial charge in [0.25, 0.3) is 0 Å². The molecule has 0 radical (unpaired) electrons. The molecule has 76 valence electrons. The van der Waals surface area contributed by atoms with Crippen LogP contribution < -0.4 is 10.6 Å². The lowest BCUT2D eigenvalue weighted by molar-refractivity contribution is 0.868. The van der Waals surface area contributed by atoms with Gasteiger partial charge in [-0.1, -0.05) is 6.92 Å². The molecule has 1 aromatic rings. The van der Waals surface area contributed by atoms with E-state index in [1.807, 2.05) is 0 Å². The molecule has 0 aromatic carbocycles. The second kappa shape index (κ2) is 3.44. The molecule has 2 rings (SSSR count). The third-order valence-electron chi connectivity index (χ3n) is 2.74. The Labute approximate surface area is 84.2 Å². The first kappa shape index (κ1) is 9.24. The highest BCUT2D eigenvalue weighted by molar-refractivity contribution is 5.57. The molecule has 0 atom stereocenters. The largest absolute Gasteiger partial charge is 0.383 e. The van der Waals surface area contributed by atoms with Crippen molar-refractivity contribution in [1.29, 1.82) is 0 Å². The van der Waals surface area contributed by atoms with Crippen LogP contribution in [0.4, 0.5) is 11.6 Å². The number of hydrogen-bond donors (Lipinski definition) is 1. The standard InChI is InChI=1S/C10H16N4/c1-3-8-9(11)12-6-13-10(8)14(2)7-4-5-7/h6-7H,3-5H2,1-2H3,(H2,11,12,13). The molecule has 1 aromatic heterocycles. The van der Waals surface area contributed by atoms with Crippen molar-refractivity contribution in [2.45, 2.75) is 32.2 Å². The van der Waals surface area contributed by atoms with E-state index in [1.165, 1.54) is 12.8 Å². The van der Waals surface area contributed by atoms with Crippen molar-refractivity contribution >= 4 is 11.6 Å². The van der Waals surface area contributed by atoms with Crippen LogP contribution in [0.2, 0.25) is 0 Å². The third kappa shape index (κ3) is 1.52. The summed E-state index contributed by atoms with van der Waals surface area (Å²) in [5, 5.41) is 0. The zero-order valence-corrected chi connectivity index (χ0v) is 8.70. The summed E-state index contributed by atoms with van der Waals surface area (Å²) in [6.45, 7) is 2.08. The molecule has 14 heavy (non-hydrogen) atoms. The molecular weight excluding hydrogens is 176 g/mol. The van der Waals surface area contributed by atoms with Crippen LogP contribution in [0.15, 0.2) is 6.33 Å². The molecule has 1 aliphatic carbocycles. The summed E-state index contributed by atoms with van der Waals surface area (Å²) in [6, 6.07) is 0.662. The fourth-order valence-corrected chi connectivity index (χ4v) is 1.69. The summed E-state index contributed by atoms with van der Waals surface area (Å²) in [6.07, 6.45) is 4.97. The average molecular weight is 192 g/mol. The van der Waals surface area contributed by atoms with Gasteiger partial charge < -0.3 is 10.6 Å². The fraction of sp³-hybridized carbons (Fsp3) is 0.600. The first-order valence-corrected chi connectivity index (χ1v) is 5.06. The zero-order chi connectivity index (χ0) is 10.1. The van der Waals surface area contributed by atoms with Crippen LogP contribution in [0.3, 0.4) is 0 Å². The second-order valence-electron chi connectivity index (χ2n) is 3.76. The van der Waals surface area contributed by atoms with E-state index in [9.17, 15) is 0 Å². The molecule has 0 spiro atoms. The van der Waals surface area contributed by atoms with Crippen LogP contribution in [0.5, 0.6) is 0 Å². The smallest absolute Gasteiger partial charge is 0.137 e. The number of nitrogens with zero attached hydrogens (tertiary/aromatic N) is 3. The van der Waals surface area contributed by atoms with Crippen LogP contribution in [-0.4, -0.2) is 23.1 Å². The number of hydrogen-bond acceptors (Lipinski definition) is 4. The van der Waals surface area contributed by atoms with Crippen molar-refractivity contribution in [2.75, 3.05) is 17.7 Å². The van der Waals surface area contributed by atoms with Crippen molar-refractivity contribution in [2.24, 2.45) is 0 Å². The first-order chi connectivity index (χ1) is 6.74. The molecule has 4 heteroatoms. The molecule has 0 aliphatic heterocycles. The van der Waals surface area contributed by atoms with E-state index in [1.54, 1.807) is 6.33 Å². The van der Waals surface area contributed by atoms with E-state index in [0.717, 1.165) is 17.8 Å². The van der Waals surface area contributed by atoms with E-state index in [2.05, 4.69) is 28.8 Å². The number of anilines is 2. The van der Waals surface area contributed by atoms with E-state index in [4.69, 9.17) is 5.73 Å². The molecule has 0 bridgehead atoms. The minimum atomic E-state index is 0.616. The predicted octanol–water partition coefficient (Wildman–Crippen LogP) is 1.22. The summed E-state index contributed by atoms with van der Waals surface area (Å²) in [5.74, 6) is 1.62. The number of nitrogens with two attached hydrogens (primary N) is 1. The topological polar surface area (TPSA) is 55.0 Å². The van der Waals surface area contributed by atoms with E-state index >= 15 is 0 Å². The van der Waals surface area contributed by atoms with Crippen LogP contribution in [0.25, 0.3) is 0 Å². The maximum Gasteiger partial charge on any atom is 0.137 e. The Balaban J connectivity index is 2.35. The normalized spacial score (nSPS) is 15.6. The van der Waals surface area contributed by atoms with Gasteiger partial charge in [-0.2, -0.15) is 0 Å². The Morgan fingerprint density at radius 2 is 2.21 bits per heavy atom. The van der Waals surface area contributed by atoms with Gasteiger partial charge in [0.2, 0.25) is 0 Å². The highest BCUT2D eigenvalue weighted by Gasteiger charge is 2.28. The molecule has 0 saturated heterocycles. The van der Waals surface area contributed by atoms with Crippen LogP contribution in [-0.2, 0) is 6.42 Å². The van der Waals surface area contributed by atoms with Gasteiger partial charge in [-0.15, -0.1) is 0 Å². The molecule has 1 aliphatic rings. The third-order valence-corrected chi connectivity index (χ3v) is 2.74. The predicted molar refractivity (Wildman–Crippen MR) is 57.2 cm³/mol. The number of aromatic nitrogens is 2. The van der Waals surface area contributed by atoms with Gasteiger partial charge in [-0.05, 0) is 19.3 Å². The maximum absolute atomic E-state index is 5.81. The van der Waals surface area contributed by atoms with E-state index in [-0.39, 0.29) is 0 Å². The Bertz CT molecular complexity index is 333. The van der Waals surface area contributed by atoms with Crippen molar-refractivity contribution in [3.05, 3.63) is 11.9 Å². The molecule has 0 amide bonds. The van der Waals surface area contributed by atoms with Gasteiger partial charge in [-0.3, -0.25) is 0 Å². The lowest BCUT2D eigenvalue weighted by atomic mass is 10.2. The van der Waals surface area contributed by atoms with Crippen LogP contribution in [0.1, 0.15) is 25.3 Å². The summed E-state index contributed by atoms with van der Waals surface area (Å²) in [4.78, 5) is 10.5. The Kier molecular flexibility index (Phi) is 2.27. The van der Waals surface area contributed by atoms with Gasteiger partial charge in [0.1, 0.15) is 18.0 Å². The highest BCUT2D eigenvalue weighted by Crippen LogP contribution is 2.31. The molecule has 0 unspecified atom stereocenters. The fourth-order valence-electron chi connectivity index (χ4n) is 1.69. The van der Waals surface area contributed by atoms with Gasteiger partial charge >= 0.3 is 0 Å². The number of rotatable bonds is 3. The monoisotopic (exact) mass is 192 g/mol. The Morgan fingerprint density at radius 1 is 1.50 bits per heavy atom. The van der Waals surface area contributed by atoms with E-state index in [0.29, 0.717) is 11.9 Å². The first-order valence-electron chi connectivity index (χ1n) is 5.06. The minimum absolute atomic E-state index is 0.616. The lowest BCUT2D eigenvalue weighted by Gasteiger charge is -2.20. The lowest BCUT2D eigenvalue weighted by Crippen LogP contribution is -2.23. The van der Waals surface area contributed by atoms with Crippen LogP contribution in [0, 0.1) is 0 Å². The molecule has 4 nitrogen and oxygen atoms in total. The molecular formula is C10H16N4. The SMILES string of the molecule is CCc1c(N)ncnc1N(C)C1CC1. The van der Waals surface area contributed by atoms with Gasteiger partial charge in [0.15, 0.2) is 0 Å². The van der Waals surface area contributed by atoms with Gasteiger partial charge in [0.05, 0.1) is 0 Å². The summed E-state index contributed by atoms with van der Waals surface area (Å²) < 4.78 is 0. The van der Waals surface area contributed by atoms with Crippen molar-refractivity contribution in [3.63, 3.8) is 0 Å². The average Bonchev–Trinajstić information content (AvgIpc) is 2.99. The van der Waals surface area contributed by atoms with Crippen LogP contribution >= 0.6 is 0 Å². The molecule has 1 heterocycles. The Morgan fingerprint density at radius 3 is 2.79 bits per heavy atom. The van der Waals surface area contributed by atoms with Crippen molar-refractivity contribution in [3.8, 4) is 0 Å². The van der Waals surface area contributed by atoms with Gasteiger partial charge in [-0.25, -0.2) is 9.97 Å². The quantitative estimate of drug-likeness (QED) is 0.782. The maximum atomic E-state index is 5.81. The molecule has 2 N–H and O–H groups in total. The van der Waals surface area contributed by atoms with Crippen molar-refractivity contribution in [1.82, 2.24) is 9.97 Å². The molecule has 1 fully saturated rings. The highest BCUT2D eigenvalue weighted by atomic mass is 15.2. The van der Waals surface area contributed by atoms with Crippen molar-refractivity contribution < 1.29 is 0 Å². The molecule has 1 saturated carbocycles. The summed E-state index contributed by atoms with van der Waals surface area (Å²) in [7, 11) is 2.08. The number of nitrogen functional groups attached to an aromatic ring is 1. The van der Waals surface area contributed by atoms with Gasteiger partial charge in [0, 0.05) is 18.7 Å². The zero-order valence-electron chi connectivity index (χ0n) is 8.70.